The minimum Gasteiger partial charge on any atom is -0.385 e. The number of carbonyl (C=O) groups excluding carboxylic acids is 2. The Morgan fingerprint density at radius 3 is 2.38 bits per heavy atom. The largest absolute Gasteiger partial charge is 0.385 e. The van der Waals surface area contributed by atoms with E-state index in [2.05, 4.69) is 5.32 Å². The van der Waals surface area contributed by atoms with Gasteiger partial charge in [0.2, 0.25) is 0 Å². The molecule has 0 radical (unpaired) electrons. The monoisotopic (exact) mass is 230 g/mol. The first-order chi connectivity index (χ1) is 7.24. The van der Waals surface area contributed by atoms with Gasteiger partial charge >= 0.3 is 6.03 Å². The molecule has 0 aromatic heterocycles. The van der Waals surface area contributed by atoms with E-state index in [0.717, 1.165) is 9.80 Å². The van der Waals surface area contributed by atoms with Crippen LogP contribution in [-0.4, -0.2) is 60.8 Å². The summed E-state index contributed by atoms with van der Waals surface area (Å²) in [6.07, 6.45) is -0.686. The maximum atomic E-state index is 11.8. The van der Waals surface area contributed by atoms with Gasteiger partial charge in [-0.25, -0.2) is 4.79 Å². The van der Waals surface area contributed by atoms with Crippen LogP contribution in [0.5, 0.6) is 0 Å². The van der Waals surface area contributed by atoms with Gasteiger partial charge in [-0.2, -0.15) is 0 Å². The summed E-state index contributed by atoms with van der Waals surface area (Å²) in [6.45, 7) is 3.85. The van der Waals surface area contributed by atoms with Crippen molar-refractivity contribution in [2.45, 2.75) is 25.5 Å². The van der Waals surface area contributed by atoms with Gasteiger partial charge in [-0.15, -0.1) is 0 Å². The van der Waals surface area contributed by atoms with E-state index in [0.29, 0.717) is 6.54 Å². The van der Waals surface area contributed by atoms with E-state index in [4.69, 9.17) is 0 Å². The summed E-state index contributed by atoms with van der Waals surface area (Å²) < 4.78 is 0. The molecule has 1 aliphatic rings. The number of likely N-dealkylation sites (N-methyl/N-ethyl adjacent to an activating group) is 1. The SMILES string of the molecule is C[NH+](C)C[C@@H](O)CN1C(=O)NC(C)(C)C1=O. The number of aliphatic hydroxyl groups is 1. The minimum atomic E-state index is -0.859. The van der Waals surface area contributed by atoms with Gasteiger partial charge in [0.1, 0.15) is 18.2 Å². The molecule has 0 spiro atoms. The lowest BCUT2D eigenvalue weighted by atomic mass is 10.1. The summed E-state index contributed by atoms with van der Waals surface area (Å²) in [4.78, 5) is 25.4. The van der Waals surface area contributed by atoms with E-state index in [9.17, 15) is 14.7 Å². The molecule has 1 heterocycles. The van der Waals surface area contributed by atoms with Gasteiger partial charge in [-0.1, -0.05) is 0 Å². The normalized spacial score (nSPS) is 21.5. The van der Waals surface area contributed by atoms with Gasteiger partial charge in [0.25, 0.3) is 5.91 Å². The average molecular weight is 230 g/mol. The predicted molar refractivity (Wildman–Crippen MR) is 58.0 cm³/mol. The Morgan fingerprint density at radius 2 is 2.00 bits per heavy atom. The van der Waals surface area contributed by atoms with E-state index in [1.165, 1.54) is 0 Å². The van der Waals surface area contributed by atoms with Crippen LogP contribution in [0.1, 0.15) is 13.8 Å². The van der Waals surface area contributed by atoms with E-state index in [1.54, 1.807) is 13.8 Å². The molecular weight excluding hydrogens is 210 g/mol. The Bertz CT molecular complexity index is 302. The number of hydrogen-bond donors (Lipinski definition) is 3. The summed E-state index contributed by atoms with van der Waals surface area (Å²) in [7, 11) is 3.80. The standard InChI is InChI=1S/C10H19N3O3/c1-10(2)8(15)13(9(16)11-10)6-7(14)5-12(3)4/h7,14H,5-6H2,1-4H3,(H,11,16)/p+1/t7-/m1/s1. The van der Waals surface area contributed by atoms with E-state index < -0.39 is 17.7 Å². The van der Waals surface area contributed by atoms with Crippen LogP contribution >= 0.6 is 0 Å². The Morgan fingerprint density at radius 1 is 1.44 bits per heavy atom. The van der Waals surface area contributed by atoms with E-state index in [1.807, 2.05) is 14.1 Å². The van der Waals surface area contributed by atoms with Crippen molar-refractivity contribution in [2.75, 3.05) is 27.2 Å². The van der Waals surface area contributed by atoms with Gasteiger partial charge in [-0.3, -0.25) is 9.69 Å². The van der Waals surface area contributed by atoms with Crippen LogP contribution in [0.15, 0.2) is 0 Å². The zero-order valence-corrected chi connectivity index (χ0v) is 10.2. The summed E-state index contributed by atoms with van der Waals surface area (Å²) in [5.74, 6) is -0.287. The highest BCUT2D eigenvalue weighted by Gasteiger charge is 2.44. The van der Waals surface area contributed by atoms with Gasteiger partial charge in [-0.05, 0) is 13.8 Å². The number of rotatable bonds is 4. The van der Waals surface area contributed by atoms with Crippen LogP contribution in [0, 0.1) is 0 Å². The summed E-state index contributed by atoms with van der Waals surface area (Å²) in [5.41, 5.74) is -0.859. The van der Waals surface area contributed by atoms with Crippen molar-refractivity contribution < 1.29 is 19.6 Å². The lowest BCUT2D eigenvalue weighted by Crippen LogP contribution is -3.07. The van der Waals surface area contributed by atoms with Crippen molar-refractivity contribution in [1.29, 1.82) is 0 Å². The van der Waals surface area contributed by atoms with Crippen LogP contribution in [-0.2, 0) is 4.79 Å². The fraction of sp³-hybridized carbons (Fsp3) is 0.800. The summed E-state index contributed by atoms with van der Waals surface area (Å²) in [5, 5.41) is 12.3. The molecule has 6 nitrogen and oxygen atoms in total. The van der Waals surface area contributed by atoms with Crippen LogP contribution < -0.4 is 10.2 Å². The van der Waals surface area contributed by atoms with Crippen molar-refractivity contribution in [1.82, 2.24) is 10.2 Å². The summed E-state index contributed by atoms with van der Waals surface area (Å²) in [6, 6.07) is -0.428. The Balaban J connectivity index is 2.61. The van der Waals surface area contributed by atoms with Gasteiger partial charge < -0.3 is 15.3 Å². The molecule has 0 aliphatic carbocycles. The van der Waals surface area contributed by atoms with Gasteiger partial charge in [0.15, 0.2) is 0 Å². The number of aliphatic hydroxyl groups excluding tert-OH is 1. The molecule has 0 unspecified atom stereocenters. The zero-order valence-electron chi connectivity index (χ0n) is 10.2. The highest BCUT2D eigenvalue weighted by molar-refractivity contribution is 6.06. The fourth-order valence-electron chi connectivity index (χ4n) is 1.73. The van der Waals surface area contributed by atoms with Crippen LogP contribution in [0.3, 0.4) is 0 Å². The quantitative estimate of drug-likeness (QED) is 0.481. The smallest absolute Gasteiger partial charge is 0.325 e. The minimum absolute atomic E-state index is 0.0548. The Kier molecular flexibility index (Phi) is 3.54. The second-order valence-corrected chi connectivity index (χ2v) is 5.04. The van der Waals surface area contributed by atoms with Crippen LogP contribution in [0.4, 0.5) is 4.79 Å². The molecule has 1 atom stereocenters. The van der Waals surface area contributed by atoms with Crippen LogP contribution in [0.25, 0.3) is 0 Å². The molecule has 1 fully saturated rings. The number of quaternary nitrogens is 1. The highest BCUT2D eigenvalue weighted by Crippen LogP contribution is 2.16. The molecule has 1 aliphatic heterocycles. The first-order valence-electron chi connectivity index (χ1n) is 5.35. The number of urea groups is 1. The molecule has 3 N–H and O–H groups in total. The Hall–Kier alpha value is -1.14. The number of hydrogen-bond acceptors (Lipinski definition) is 3. The molecule has 0 bridgehead atoms. The maximum absolute atomic E-state index is 11.8. The average Bonchev–Trinajstić information content (AvgIpc) is 2.26. The second-order valence-electron chi connectivity index (χ2n) is 5.04. The van der Waals surface area contributed by atoms with E-state index in [-0.39, 0.29) is 12.5 Å². The molecule has 0 saturated carbocycles. The van der Waals surface area contributed by atoms with Crippen LogP contribution in [0.2, 0.25) is 0 Å². The molecule has 1 saturated heterocycles. The number of nitrogens with one attached hydrogen (secondary N) is 2. The predicted octanol–water partition coefficient (Wildman–Crippen LogP) is -2.18. The Labute approximate surface area is 95.2 Å². The molecule has 16 heavy (non-hydrogen) atoms. The van der Waals surface area contributed by atoms with E-state index >= 15 is 0 Å². The van der Waals surface area contributed by atoms with Crippen molar-refractivity contribution in [3.05, 3.63) is 0 Å². The molecule has 6 heteroatoms. The number of imide groups is 1. The molecular formula is C10H20N3O3+. The molecule has 1 rings (SSSR count). The van der Waals surface area contributed by atoms with Crippen molar-refractivity contribution >= 4 is 11.9 Å². The van der Waals surface area contributed by atoms with Crippen molar-refractivity contribution in [3.8, 4) is 0 Å². The highest BCUT2D eigenvalue weighted by atomic mass is 16.3. The molecule has 92 valence electrons. The molecule has 0 aromatic rings. The maximum Gasteiger partial charge on any atom is 0.325 e. The lowest BCUT2D eigenvalue weighted by Gasteiger charge is -2.19. The second kappa shape index (κ2) is 4.39. The summed E-state index contributed by atoms with van der Waals surface area (Å²) >= 11 is 0. The third-order valence-corrected chi connectivity index (χ3v) is 2.48. The van der Waals surface area contributed by atoms with Crippen molar-refractivity contribution in [2.24, 2.45) is 0 Å². The number of carbonyl (C=O) groups is 2. The third kappa shape index (κ3) is 2.70. The lowest BCUT2D eigenvalue weighted by molar-refractivity contribution is -0.861. The first kappa shape index (κ1) is 12.9. The number of amides is 3. The van der Waals surface area contributed by atoms with Crippen molar-refractivity contribution in [3.63, 3.8) is 0 Å². The molecule has 0 aromatic carbocycles. The topological polar surface area (TPSA) is 74.1 Å². The van der Waals surface area contributed by atoms with Gasteiger partial charge in [0, 0.05) is 0 Å². The number of β-amino-alcohol motifs (C(OH)–C–C–N with tert-alkyl or cyclic N) is 1. The zero-order chi connectivity index (χ0) is 12.5. The first-order valence-corrected chi connectivity index (χ1v) is 5.35. The fourth-order valence-corrected chi connectivity index (χ4v) is 1.73. The third-order valence-electron chi connectivity index (χ3n) is 2.48. The molecule has 3 amide bonds. The van der Waals surface area contributed by atoms with Gasteiger partial charge in [0.05, 0.1) is 20.6 Å². The number of nitrogens with zero attached hydrogens (tertiary/aromatic N) is 1.